The first-order valence-corrected chi connectivity index (χ1v) is 10.6. The summed E-state index contributed by atoms with van der Waals surface area (Å²) in [4.78, 5) is 28.6. The average molecular weight is 393 g/mol. The zero-order valence-corrected chi connectivity index (χ0v) is 17.8. The summed E-state index contributed by atoms with van der Waals surface area (Å²) < 4.78 is 0. The van der Waals surface area contributed by atoms with E-state index in [4.69, 9.17) is 0 Å². The molecule has 2 aromatic carbocycles. The molecule has 1 aliphatic heterocycles. The molecule has 1 atom stereocenters. The third-order valence-electron chi connectivity index (χ3n) is 5.93. The molecule has 2 amide bonds. The van der Waals surface area contributed by atoms with Crippen LogP contribution in [0.3, 0.4) is 0 Å². The number of hydrogen-bond acceptors (Lipinski definition) is 2. The Balaban J connectivity index is 1.87. The van der Waals surface area contributed by atoms with Gasteiger partial charge >= 0.3 is 0 Å². The largest absolute Gasteiger partial charge is 0.354 e. The predicted molar refractivity (Wildman–Crippen MR) is 117 cm³/mol. The van der Waals surface area contributed by atoms with Gasteiger partial charge in [-0.25, -0.2) is 0 Å². The number of carbonyl (C=O) groups excluding carboxylic acids is 2. The highest BCUT2D eigenvalue weighted by molar-refractivity contribution is 6.01. The Labute approximate surface area is 174 Å². The van der Waals surface area contributed by atoms with Gasteiger partial charge in [-0.2, -0.15) is 0 Å². The van der Waals surface area contributed by atoms with E-state index < -0.39 is 5.54 Å². The van der Waals surface area contributed by atoms with Gasteiger partial charge in [0.15, 0.2) is 0 Å². The van der Waals surface area contributed by atoms with Gasteiger partial charge in [0.25, 0.3) is 5.91 Å². The summed E-state index contributed by atoms with van der Waals surface area (Å²) >= 11 is 0. The van der Waals surface area contributed by atoms with Crippen molar-refractivity contribution in [2.75, 3.05) is 13.1 Å². The fourth-order valence-electron chi connectivity index (χ4n) is 3.96. The second-order valence-corrected chi connectivity index (χ2v) is 8.56. The summed E-state index contributed by atoms with van der Waals surface area (Å²) in [6.45, 7) is 7.37. The normalized spacial score (nSPS) is 19.0. The Bertz CT molecular complexity index is 847. The Morgan fingerprint density at radius 1 is 1.10 bits per heavy atom. The van der Waals surface area contributed by atoms with E-state index in [0.29, 0.717) is 25.4 Å². The zero-order valence-electron chi connectivity index (χ0n) is 17.8. The smallest absolute Gasteiger partial charge is 0.255 e. The third-order valence-corrected chi connectivity index (χ3v) is 5.93. The van der Waals surface area contributed by atoms with E-state index in [1.165, 1.54) is 5.56 Å². The molecule has 0 radical (unpaired) electrons. The summed E-state index contributed by atoms with van der Waals surface area (Å²) in [5.74, 6) is 0.431. The molecule has 29 heavy (non-hydrogen) atoms. The summed E-state index contributed by atoms with van der Waals surface area (Å²) in [7, 11) is 0. The molecule has 0 saturated heterocycles. The van der Waals surface area contributed by atoms with Crippen molar-refractivity contribution in [3.63, 3.8) is 0 Å². The number of carbonyl (C=O) groups is 2. The number of nitrogens with one attached hydrogen (secondary N) is 1. The molecule has 3 rings (SSSR count). The van der Waals surface area contributed by atoms with E-state index in [2.05, 4.69) is 31.3 Å². The van der Waals surface area contributed by atoms with Gasteiger partial charge in [-0.05, 0) is 55.7 Å². The molecule has 1 heterocycles. The van der Waals surface area contributed by atoms with Crippen LogP contribution < -0.4 is 5.32 Å². The maximum Gasteiger partial charge on any atom is 0.255 e. The van der Waals surface area contributed by atoms with Crippen LogP contribution in [-0.4, -0.2) is 35.3 Å². The van der Waals surface area contributed by atoms with Gasteiger partial charge < -0.3 is 10.2 Å². The number of amides is 2. The maximum atomic E-state index is 13.5. The molecule has 0 bridgehead atoms. The van der Waals surface area contributed by atoms with Crippen LogP contribution in [0.4, 0.5) is 0 Å². The highest BCUT2D eigenvalue weighted by atomic mass is 16.2. The Morgan fingerprint density at radius 3 is 2.52 bits per heavy atom. The lowest BCUT2D eigenvalue weighted by atomic mass is 9.91. The molecule has 0 fully saturated rings. The monoisotopic (exact) mass is 392 g/mol. The van der Waals surface area contributed by atoms with Gasteiger partial charge in [0.1, 0.15) is 5.54 Å². The van der Waals surface area contributed by atoms with Crippen LogP contribution in [0, 0.1) is 5.92 Å². The standard InChI is InChI=1S/C25H32N2O2/c1-19(2)14-17-26-24(29)25(3)16-13-21-11-7-8-12-22(21)23(28)27(25)18-15-20-9-5-4-6-10-20/h4-12,19H,13-18H2,1-3H3,(H,26,29). The lowest BCUT2D eigenvalue weighted by molar-refractivity contribution is -0.131. The van der Waals surface area contributed by atoms with Crippen molar-refractivity contribution < 1.29 is 9.59 Å². The molecule has 0 saturated carbocycles. The number of fused-ring (bicyclic) bond motifs is 1. The Kier molecular flexibility index (Phi) is 6.73. The molecular formula is C25H32N2O2. The summed E-state index contributed by atoms with van der Waals surface area (Å²) in [5.41, 5.74) is 2.06. The van der Waals surface area contributed by atoms with Crippen LogP contribution in [0.25, 0.3) is 0 Å². The average Bonchev–Trinajstić information content (AvgIpc) is 2.83. The molecule has 4 nitrogen and oxygen atoms in total. The van der Waals surface area contributed by atoms with Gasteiger partial charge in [-0.3, -0.25) is 9.59 Å². The minimum atomic E-state index is -0.859. The molecule has 1 unspecified atom stereocenters. The van der Waals surface area contributed by atoms with Crippen molar-refractivity contribution in [3.05, 3.63) is 71.3 Å². The van der Waals surface area contributed by atoms with E-state index in [9.17, 15) is 9.59 Å². The van der Waals surface area contributed by atoms with Gasteiger partial charge in [-0.1, -0.05) is 62.4 Å². The number of aryl methyl sites for hydroxylation is 1. The molecule has 2 aromatic rings. The molecule has 154 valence electrons. The fraction of sp³-hybridized carbons (Fsp3) is 0.440. The molecular weight excluding hydrogens is 360 g/mol. The van der Waals surface area contributed by atoms with E-state index in [1.807, 2.05) is 49.4 Å². The number of rotatable bonds is 7. The van der Waals surface area contributed by atoms with Crippen molar-refractivity contribution in [2.24, 2.45) is 5.92 Å². The fourth-order valence-corrected chi connectivity index (χ4v) is 3.96. The Hall–Kier alpha value is -2.62. The second kappa shape index (κ2) is 9.25. The highest BCUT2D eigenvalue weighted by Gasteiger charge is 2.44. The van der Waals surface area contributed by atoms with Crippen molar-refractivity contribution in [3.8, 4) is 0 Å². The number of benzene rings is 2. The SMILES string of the molecule is CC(C)CCNC(=O)C1(C)CCc2ccccc2C(=O)N1CCc1ccccc1. The van der Waals surface area contributed by atoms with Crippen LogP contribution in [0.1, 0.15) is 55.1 Å². The van der Waals surface area contributed by atoms with Gasteiger partial charge in [0, 0.05) is 18.7 Å². The molecule has 0 aromatic heterocycles. The van der Waals surface area contributed by atoms with Gasteiger partial charge in [-0.15, -0.1) is 0 Å². The van der Waals surface area contributed by atoms with Crippen LogP contribution in [0.2, 0.25) is 0 Å². The summed E-state index contributed by atoms with van der Waals surface area (Å²) in [6.07, 6.45) is 3.00. The quantitative estimate of drug-likeness (QED) is 0.766. The maximum absolute atomic E-state index is 13.5. The van der Waals surface area contributed by atoms with Gasteiger partial charge in [0.05, 0.1) is 0 Å². The van der Waals surface area contributed by atoms with Crippen LogP contribution in [-0.2, 0) is 17.6 Å². The lowest BCUT2D eigenvalue weighted by Gasteiger charge is -2.39. The van der Waals surface area contributed by atoms with Crippen molar-refractivity contribution in [1.82, 2.24) is 10.2 Å². The third kappa shape index (κ3) is 4.87. The first-order chi connectivity index (χ1) is 13.9. The Morgan fingerprint density at radius 2 is 1.79 bits per heavy atom. The minimum Gasteiger partial charge on any atom is -0.354 e. The molecule has 0 aliphatic carbocycles. The first kappa shape index (κ1) is 21.1. The van der Waals surface area contributed by atoms with Crippen molar-refractivity contribution >= 4 is 11.8 Å². The van der Waals surface area contributed by atoms with Crippen LogP contribution in [0.15, 0.2) is 54.6 Å². The minimum absolute atomic E-state index is 0.0458. The lowest BCUT2D eigenvalue weighted by Crippen LogP contribution is -2.59. The predicted octanol–water partition coefficient (Wildman–Crippen LogP) is 4.24. The highest BCUT2D eigenvalue weighted by Crippen LogP contribution is 2.30. The molecule has 0 spiro atoms. The van der Waals surface area contributed by atoms with Crippen molar-refractivity contribution in [1.29, 1.82) is 0 Å². The van der Waals surface area contributed by atoms with E-state index >= 15 is 0 Å². The van der Waals surface area contributed by atoms with Crippen LogP contribution >= 0.6 is 0 Å². The molecule has 4 heteroatoms. The van der Waals surface area contributed by atoms with Gasteiger partial charge in [0.2, 0.25) is 5.91 Å². The van der Waals surface area contributed by atoms with E-state index in [0.717, 1.165) is 30.4 Å². The number of hydrogen-bond donors (Lipinski definition) is 1. The van der Waals surface area contributed by atoms with E-state index in [-0.39, 0.29) is 11.8 Å². The van der Waals surface area contributed by atoms with Crippen molar-refractivity contribution in [2.45, 2.75) is 52.0 Å². The molecule has 1 N–H and O–H groups in total. The second-order valence-electron chi connectivity index (χ2n) is 8.56. The van der Waals surface area contributed by atoms with Crippen LogP contribution in [0.5, 0.6) is 0 Å². The summed E-state index contributed by atoms with van der Waals surface area (Å²) in [6, 6.07) is 17.9. The summed E-state index contributed by atoms with van der Waals surface area (Å²) in [5, 5.41) is 3.09. The topological polar surface area (TPSA) is 49.4 Å². The van der Waals surface area contributed by atoms with E-state index in [1.54, 1.807) is 4.90 Å². The molecule has 1 aliphatic rings. The number of nitrogens with zero attached hydrogens (tertiary/aromatic N) is 1. The first-order valence-electron chi connectivity index (χ1n) is 10.6. The zero-order chi connectivity index (χ0) is 20.9.